The van der Waals surface area contributed by atoms with Crippen LogP contribution in [0.1, 0.15) is 51.9 Å². The van der Waals surface area contributed by atoms with Gasteiger partial charge in [-0.1, -0.05) is 38.3 Å². The highest BCUT2D eigenvalue weighted by molar-refractivity contribution is 5.92. The molecule has 1 N–H and O–H groups in total. The molecule has 0 bridgehead atoms. The van der Waals surface area contributed by atoms with E-state index in [1.165, 1.54) is 32.1 Å². The molecule has 0 radical (unpaired) electrons. The summed E-state index contributed by atoms with van der Waals surface area (Å²) in [6.07, 6.45) is 9.89. The third kappa shape index (κ3) is 4.21. The second kappa shape index (κ2) is 8.50. The maximum Gasteiger partial charge on any atom is 0.227 e. The molecule has 0 unspecified atom stereocenters. The van der Waals surface area contributed by atoms with Crippen molar-refractivity contribution in [3.63, 3.8) is 0 Å². The molecule has 1 aliphatic carbocycles. The van der Waals surface area contributed by atoms with E-state index in [4.69, 9.17) is 0 Å². The Morgan fingerprint density at radius 3 is 2.64 bits per heavy atom. The molecular formula is C22H27N5O. The summed E-state index contributed by atoms with van der Waals surface area (Å²) in [5.41, 5.74) is 3.39. The van der Waals surface area contributed by atoms with Gasteiger partial charge in [0.1, 0.15) is 6.33 Å². The van der Waals surface area contributed by atoms with E-state index in [2.05, 4.69) is 27.5 Å². The zero-order valence-corrected chi connectivity index (χ0v) is 16.3. The molecule has 1 saturated carbocycles. The lowest BCUT2D eigenvalue weighted by molar-refractivity contribution is -0.121. The highest BCUT2D eigenvalue weighted by atomic mass is 16.1. The molecule has 0 saturated heterocycles. The Labute approximate surface area is 165 Å². The first-order valence-electron chi connectivity index (χ1n) is 10.3. The number of fused-ring (bicyclic) bond motifs is 1. The number of amides is 1. The fraction of sp³-hybridized carbons (Fsp3) is 0.455. The first-order valence-corrected chi connectivity index (χ1v) is 10.3. The van der Waals surface area contributed by atoms with Crippen LogP contribution in [-0.2, 0) is 4.79 Å². The van der Waals surface area contributed by atoms with Crippen molar-refractivity contribution in [1.29, 1.82) is 0 Å². The molecule has 1 aliphatic rings. The minimum absolute atomic E-state index is 0.148. The topological polar surface area (TPSA) is 72.2 Å². The lowest BCUT2D eigenvalue weighted by atomic mass is 9.79. The van der Waals surface area contributed by atoms with Crippen molar-refractivity contribution < 1.29 is 4.79 Å². The quantitative estimate of drug-likeness (QED) is 0.674. The Kier molecular flexibility index (Phi) is 5.65. The molecule has 1 fully saturated rings. The van der Waals surface area contributed by atoms with Gasteiger partial charge >= 0.3 is 0 Å². The second-order valence-corrected chi connectivity index (χ2v) is 7.78. The monoisotopic (exact) mass is 377 g/mol. The summed E-state index contributed by atoms with van der Waals surface area (Å²) in [6, 6.07) is 11.7. The molecule has 0 aliphatic heterocycles. The third-order valence-corrected chi connectivity index (χ3v) is 5.79. The zero-order valence-electron chi connectivity index (χ0n) is 16.3. The number of nitrogens with one attached hydrogen (secondary N) is 1. The summed E-state index contributed by atoms with van der Waals surface area (Å²) in [4.78, 5) is 12.6. The number of hydrogen-bond donors (Lipinski definition) is 1. The van der Waals surface area contributed by atoms with Crippen LogP contribution < -0.4 is 5.32 Å². The molecule has 1 aromatic carbocycles. The van der Waals surface area contributed by atoms with Crippen molar-refractivity contribution >= 4 is 17.2 Å². The van der Waals surface area contributed by atoms with Crippen LogP contribution in [0.3, 0.4) is 0 Å². The third-order valence-electron chi connectivity index (χ3n) is 5.79. The SMILES string of the molecule is CCCCC1CCC(C(=O)Nc2ccc(-c3ccc4nncn4n3)cc2)CC1. The summed E-state index contributed by atoms with van der Waals surface area (Å²) >= 11 is 0. The molecule has 146 valence electrons. The van der Waals surface area contributed by atoms with E-state index in [-0.39, 0.29) is 11.8 Å². The van der Waals surface area contributed by atoms with E-state index in [1.807, 2.05) is 36.4 Å². The van der Waals surface area contributed by atoms with Crippen molar-refractivity contribution in [1.82, 2.24) is 19.8 Å². The minimum Gasteiger partial charge on any atom is -0.326 e. The van der Waals surface area contributed by atoms with Gasteiger partial charge < -0.3 is 5.32 Å². The lowest BCUT2D eigenvalue weighted by Gasteiger charge is -2.27. The summed E-state index contributed by atoms with van der Waals surface area (Å²) in [5, 5.41) is 15.4. The molecule has 1 amide bonds. The Balaban J connectivity index is 1.35. The van der Waals surface area contributed by atoms with Gasteiger partial charge in [0.15, 0.2) is 5.65 Å². The highest BCUT2D eigenvalue weighted by Gasteiger charge is 2.26. The van der Waals surface area contributed by atoms with E-state index in [0.717, 1.165) is 41.4 Å². The fourth-order valence-electron chi connectivity index (χ4n) is 4.06. The Bertz CT molecular complexity index is 926. The van der Waals surface area contributed by atoms with E-state index in [1.54, 1.807) is 10.8 Å². The number of carbonyl (C=O) groups excluding carboxylic acids is 1. The van der Waals surface area contributed by atoms with Gasteiger partial charge in [-0.2, -0.15) is 9.61 Å². The number of hydrogen-bond acceptors (Lipinski definition) is 4. The van der Waals surface area contributed by atoms with Gasteiger partial charge in [-0.3, -0.25) is 4.79 Å². The van der Waals surface area contributed by atoms with Gasteiger partial charge in [0.05, 0.1) is 5.69 Å². The molecule has 6 heteroatoms. The van der Waals surface area contributed by atoms with Crippen LogP contribution >= 0.6 is 0 Å². The molecule has 2 aromatic heterocycles. The Morgan fingerprint density at radius 2 is 1.89 bits per heavy atom. The number of aromatic nitrogens is 4. The molecule has 0 spiro atoms. The lowest BCUT2D eigenvalue weighted by Crippen LogP contribution is -2.27. The number of unbranched alkanes of at least 4 members (excludes halogenated alkanes) is 1. The van der Waals surface area contributed by atoms with Crippen molar-refractivity contribution in [3.8, 4) is 11.3 Å². The van der Waals surface area contributed by atoms with Crippen LogP contribution in [0.15, 0.2) is 42.7 Å². The van der Waals surface area contributed by atoms with Crippen molar-refractivity contribution in [2.45, 2.75) is 51.9 Å². The Morgan fingerprint density at radius 1 is 1.11 bits per heavy atom. The fourth-order valence-corrected chi connectivity index (χ4v) is 4.06. The second-order valence-electron chi connectivity index (χ2n) is 7.78. The number of benzene rings is 1. The molecule has 0 atom stereocenters. The molecule has 28 heavy (non-hydrogen) atoms. The van der Waals surface area contributed by atoms with E-state index in [9.17, 15) is 4.79 Å². The Hall–Kier alpha value is -2.76. The largest absolute Gasteiger partial charge is 0.326 e. The highest BCUT2D eigenvalue weighted by Crippen LogP contribution is 2.32. The van der Waals surface area contributed by atoms with E-state index < -0.39 is 0 Å². The maximum absolute atomic E-state index is 12.6. The predicted molar refractivity (Wildman–Crippen MR) is 110 cm³/mol. The van der Waals surface area contributed by atoms with Crippen LogP contribution in [0.4, 0.5) is 5.69 Å². The number of carbonyl (C=O) groups is 1. The molecule has 3 aromatic rings. The average molecular weight is 377 g/mol. The van der Waals surface area contributed by atoms with Crippen LogP contribution in [0, 0.1) is 11.8 Å². The molecule has 4 rings (SSSR count). The molecule has 6 nitrogen and oxygen atoms in total. The van der Waals surface area contributed by atoms with E-state index in [0.29, 0.717) is 0 Å². The van der Waals surface area contributed by atoms with Crippen LogP contribution in [0.25, 0.3) is 16.9 Å². The minimum atomic E-state index is 0.148. The smallest absolute Gasteiger partial charge is 0.227 e. The standard InChI is InChI=1S/C22H27N5O/c1-2-3-4-16-5-7-18(8-6-16)22(28)24-19-11-9-17(10-12-19)20-13-14-21-25-23-15-27(21)26-20/h9-16,18H,2-8H2,1H3,(H,24,28). The van der Waals surface area contributed by atoms with Gasteiger partial charge in [0.25, 0.3) is 0 Å². The number of nitrogens with zero attached hydrogens (tertiary/aromatic N) is 4. The van der Waals surface area contributed by atoms with Gasteiger partial charge in [-0.05, 0) is 55.9 Å². The van der Waals surface area contributed by atoms with Gasteiger partial charge in [0.2, 0.25) is 5.91 Å². The van der Waals surface area contributed by atoms with Crippen molar-refractivity contribution in [2.75, 3.05) is 5.32 Å². The predicted octanol–water partition coefficient (Wildman–Crippen LogP) is 4.73. The van der Waals surface area contributed by atoms with Crippen LogP contribution in [-0.4, -0.2) is 25.7 Å². The van der Waals surface area contributed by atoms with Crippen LogP contribution in [0.2, 0.25) is 0 Å². The van der Waals surface area contributed by atoms with Gasteiger partial charge in [0, 0.05) is 17.2 Å². The number of anilines is 1. The molecule has 2 heterocycles. The van der Waals surface area contributed by atoms with E-state index >= 15 is 0 Å². The number of rotatable bonds is 6. The summed E-state index contributed by atoms with van der Waals surface area (Å²) < 4.78 is 1.65. The van der Waals surface area contributed by atoms with Crippen molar-refractivity contribution in [2.24, 2.45) is 11.8 Å². The summed E-state index contributed by atoms with van der Waals surface area (Å²) in [7, 11) is 0. The summed E-state index contributed by atoms with van der Waals surface area (Å²) in [5.74, 6) is 1.12. The first-order chi connectivity index (χ1) is 13.7. The first kappa shape index (κ1) is 18.6. The van der Waals surface area contributed by atoms with Gasteiger partial charge in [-0.25, -0.2) is 0 Å². The normalized spacial score (nSPS) is 19.6. The zero-order chi connectivity index (χ0) is 19.3. The molecular weight excluding hydrogens is 350 g/mol. The van der Waals surface area contributed by atoms with Gasteiger partial charge in [-0.15, -0.1) is 10.2 Å². The van der Waals surface area contributed by atoms with Crippen LogP contribution in [0.5, 0.6) is 0 Å². The summed E-state index contributed by atoms with van der Waals surface area (Å²) in [6.45, 7) is 2.24. The maximum atomic E-state index is 12.6. The van der Waals surface area contributed by atoms with Crippen molar-refractivity contribution in [3.05, 3.63) is 42.7 Å². The average Bonchev–Trinajstić information content (AvgIpc) is 3.21.